The molecule has 0 saturated heterocycles. The molecule has 0 saturated carbocycles. The SMILES string of the molecule is CCCN(CC(C)(Cc1ccccc1C(C)(F)F)c1ccccc1)c1ccccc1. The van der Waals surface area contributed by atoms with Gasteiger partial charge in [-0.25, -0.2) is 8.78 Å². The molecular weight excluding hydrogens is 376 g/mol. The van der Waals surface area contributed by atoms with Gasteiger partial charge in [0.25, 0.3) is 5.92 Å². The summed E-state index contributed by atoms with van der Waals surface area (Å²) in [6, 6.07) is 27.6. The number of hydrogen-bond donors (Lipinski definition) is 0. The fraction of sp³-hybridized carbons (Fsp3) is 0.333. The van der Waals surface area contributed by atoms with Gasteiger partial charge in [-0.05, 0) is 36.1 Å². The quantitative estimate of drug-likeness (QED) is 0.362. The molecule has 0 aliphatic carbocycles. The van der Waals surface area contributed by atoms with Crippen LogP contribution in [-0.4, -0.2) is 13.1 Å². The van der Waals surface area contributed by atoms with Crippen LogP contribution in [0.5, 0.6) is 0 Å². The molecule has 0 aliphatic heterocycles. The summed E-state index contributed by atoms with van der Waals surface area (Å²) < 4.78 is 28.7. The van der Waals surface area contributed by atoms with Crippen LogP contribution in [0.2, 0.25) is 0 Å². The molecule has 3 heteroatoms. The summed E-state index contributed by atoms with van der Waals surface area (Å²) in [6.07, 6.45) is 1.56. The van der Waals surface area contributed by atoms with E-state index in [0.29, 0.717) is 12.0 Å². The van der Waals surface area contributed by atoms with Crippen molar-refractivity contribution in [3.05, 3.63) is 102 Å². The Hall–Kier alpha value is -2.68. The average molecular weight is 408 g/mol. The highest BCUT2D eigenvalue weighted by Crippen LogP contribution is 2.36. The Balaban J connectivity index is 2.03. The number of benzene rings is 3. The summed E-state index contributed by atoms with van der Waals surface area (Å²) in [5.41, 5.74) is 2.83. The fourth-order valence-electron chi connectivity index (χ4n) is 4.24. The van der Waals surface area contributed by atoms with Gasteiger partial charge in [0.2, 0.25) is 0 Å². The molecule has 0 amide bonds. The van der Waals surface area contributed by atoms with Crippen LogP contribution in [0.4, 0.5) is 14.5 Å². The molecule has 3 aromatic rings. The number of nitrogens with zero attached hydrogens (tertiary/aromatic N) is 1. The van der Waals surface area contributed by atoms with E-state index in [2.05, 4.69) is 43.0 Å². The lowest BCUT2D eigenvalue weighted by Gasteiger charge is -2.38. The Morgan fingerprint density at radius 1 is 0.767 bits per heavy atom. The first-order valence-electron chi connectivity index (χ1n) is 10.7. The lowest BCUT2D eigenvalue weighted by molar-refractivity contribution is 0.0163. The van der Waals surface area contributed by atoms with Gasteiger partial charge in [0.15, 0.2) is 0 Å². The van der Waals surface area contributed by atoms with Crippen molar-refractivity contribution >= 4 is 5.69 Å². The van der Waals surface area contributed by atoms with Gasteiger partial charge < -0.3 is 4.90 Å². The number of anilines is 1. The fourth-order valence-corrected chi connectivity index (χ4v) is 4.24. The van der Waals surface area contributed by atoms with Crippen molar-refractivity contribution < 1.29 is 8.78 Å². The number of rotatable bonds is 9. The maximum Gasteiger partial charge on any atom is 0.270 e. The minimum absolute atomic E-state index is 0.119. The summed E-state index contributed by atoms with van der Waals surface area (Å²) in [5.74, 6) is -2.86. The Bertz CT molecular complexity index is 918. The summed E-state index contributed by atoms with van der Waals surface area (Å²) in [5, 5.41) is 0. The van der Waals surface area contributed by atoms with E-state index in [1.54, 1.807) is 12.1 Å². The standard InChI is InChI=1S/C27H31F2N/c1-4-19-30(24-16-9-6-10-17-24)21-26(2,23-14-7-5-8-15-23)20-22-13-11-12-18-25(22)27(3,28)29/h5-18H,4,19-21H2,1-3H3. The normalized spacial score (nSPS) is 13.6. The van der Waals surface area contributed by atoms with E-state index in [1.165, 1.54) is 0 Å². The molecule has 3 aromatic carbocycles. The zero-order valence-electron chi connectivity index (χ0n) is 18.1. The van der Waals surface area contributed by atoms with Gasteiger partial charge in [0.1, 0.15) is 0 Å². The van der Waals surface area contributed by atoms with Gasteiger partial charge in [-0.3, -0.25) is 0 Å². The van der Waals surface area contributed by atoms with E-state index < -0.39 is 5.92 Å². The largest absolute Gasteiger partial charge is 0.371 e. The zero-order valence-corrected chi connectivity index (χ0v) is 18.1. The van der Waals surface area contributed by atoms with Crippen LogP contribution in [0.25, 0.3) is 0 Å². The molecular formula is C27H31F2N. The first-order chi connectivity index (χ1) is 14.3. The van der Waals surface area contributed by atoms with E-state index in [0.717, 1.165) is 37.7 Å². The van der Waals surface area contributed by atoms with Crippen molar-refractivity contribution in [2.45, 2.75) is 45.0 Å². The first-order valence-corrected chi connectivity index (χ1v) is 10.7. The summed E-state index contributed by atoms with van der Waals surface area (Å²) >= 11 is 0. The molecule has 0 fully saturated rings. The third-order valence-corrected chi connectivity index (χ3v) is 5.70. The van der Waals surface area contributed by atoms with Crippen LogP contribution in [0.15, 0.2) is 84.9 Å². The van der Waals surface area contributed by atoms with Gasteiger partial charge in [0.05, 0.1) is 0 Å². The minimum atomic E-state index is -2.86. The second-order valence-corrected chi connectivity index (χ2v) is 8.41. The minimum Gasteiger partial charge on any atom is -0.371 e. The lowest BCUT2D eigenvalue weighted by Crippen LogP contribution is -2.41. The Morgan fingerprint density at radius 3 is 1.93 bits per heavy atom. The predicted octanol–water partition coefficient (Wildman–Crippen LogP) is 7.22. The average Bonchev–Trinajstić information content (AvgIpc) is 2.74. The van der Waals surface area contributed by atoms with Gasteiger partial charge >= 0.3 is 0 Å². The van der Waals surface area contributed by atoms with E-state index in [9.17, 15) is 8.78 Å². The zero-order chi connectivity index (χ0) is 21.6. The second-order valence-electron chi connectivity index (χ2n) is 8.41. The van der Waals surface area contributed by atoms with E-state index >= 15 is 0 Å². The van der Waals surface area contributed by atoms with E-state index in [1.807, 2.05) is 48.5 Å². The van der Waals surface area contributed by atoms with Crippen LogP contribution in [0, 0.1) is 0 Å². The summed E-state index contributed by atoms with van der Waals surface area (Å²) in [6.45, 7) is 7.01. The van der Waals surface area contributed by atoms with Crippen LogP contribution in [0.1, 0.15) is 43.9 Å². The monoisotopic (exact) mass is 407 g/mol. The first kappa shape index (κ1) is 22.0. The Morgan fingerprint density at radius 2 is 1.33 bits per heavy atom. The van der Waals surface area contributed by atoms with Crippen LogP contribution < -0.4 is 4.90 Å². The number of halogens is 2. The van der Waals surface area contributed by atoms with Crippen LogP contribution >= 0.6 is 0 Å². The highest BCUT2D eigenvalue weighted by molar-refractivity contribution is 5.48. The maximum atomic E-state index is 14.3. The molecule has 0 aromatic heterocycles. The molecule has 3 rings (SSSR count). The third-order valence-electron chi connectivity index (χ3n) is 5.70. The molecule has 1 unspecified atom stereocenters. The van der Waals surface area contributed by atoms with Crippen molar-refractivity contribution in [1.29, 1.82) is 0 Å². The molecule has 0 aliphatic rings. The smallest absolute Gasteiger partial charge is 0.270 e. The highest BCUT2D eigenvalue weighted by Gasteiger charge is 2.34. The van der Waals surface area contributed by atoms with Gasteiger partial charge in [-0.1, -0.05) is 86.6 Å². The topological polar surface area (TPSA) is 3.24 Å². The number of hydrogen-bond acceptors (Lipinski definition) is 1. The van der Waals surface area contributed by atoms with E-state index in [-0.39, 0.29) is 11.0 Å². The summed E-state index contributed by atoms with van der Waals surface area (Å²) in [4.78, 5) is 2.37. The molecule has 1 atom stereocenters. The van der Waals surface area contributed by atoms with Crippen molar-refractivity contribution in [1.82, 2.24) is 0 Å². The Kier molecular flexibility index (Phi) is 6.91. The van der Waals surface area contributed by atoms with Gasteiger partial charge in [0, 0.05) is 36.7 Å². The maximum absolute atomic E-state index is 14.3. The molecule has 0 heterocycles. The van der Waals surface area contributed by atoms with Crippen molar-refractivity contribution in [3.8, 4) is 0 Å². The van der Waals surface area contributed by atoms with Gasteiger partial charge in [-0.15, -0.1) is 0 Å². The lowest BCUT2D eigenvalue weighted by atomic mass is 9.75. The van der Waals surface area contributed by atoms with Gasteiger partial charge in [-0.2, -0.15) is 0 Å². The van der Waals surface area contributed by atoms with Crippen molar-refractivity contribution in [2.24, 2.45) is 0 Å². The van der Waals surface area contributed by atoms with E-state index in [4.69, 9.17) is 0 Å². The van der Waals surface area contributed by atoms with Crippen LogP contribution in [0.3, 0.4) is 0 Å². The highest BCUT2D eigenvalue weighted by atomic mass is 19.3. The summed E-state index contributed by atoms with van der Waals surface area (Å²) in [7, 11) is 0. The predicted molar refractivity (Wildman–Crippen MR) is 122 cm³/mol. The van der Waals surface area contributed by atoms with Crippen LogP contribution in [-0.2, 0) is 17.8 Å². The molecule has 1 nitrogen and oxygen atoms in total. The molecule has 0 spiro atoms. The molecule has 158 valence electrons. The van der Waals surface area contributed by atoms with Crippen molar-refractivity contribution in [3.63, 3.8) is 0 Å². The molecule has 0 bridgehead atoms. The second kappa shape index (κ2) is 9.42. The molecule has 0 N–H and O–H groups in total. The number of para-hydroxylation sites is 1. The van der Waals surface area contributed by atoms with Crippen molar-refractivity contribution in [2.75, 3.05) is 18.0 Å². The molecule has 0 radical (unpaired) electrons. The number of alkyl halides is 2. The Labute approximate surface area is 179 Å². The third kappa shape index (κ3) is 5.27. The molecule has 30 heavy (non-hydrogen) atoms.